The monoisotopic (exact) mass is 456 g/mol. The van der Waals surface area contributed by atoms with E-state index in [9.17, 15) is 4.79 Å². The van der Waals surface area contributed by atoms with Gasteiger partial charge < -0.3 is 15.0 Å². The fourth-order valence-electron chi connectivity index (χ4n) is 4.45. The van der Waals surface area contributed by atoms with Crippen LogP contribution in [0.1, 0.15) is 58.9 Å². The normalized spacial score (nSPS) is 18.9. The van der Waals surface area contributed by atoms with E-state index < -0.39 is 5.60 Å². The smallest absolute Gasteiger partial charge is 0.410 e. The highest BCUT2D eigenvalue weighted by Gasteiger charge is 2.43. The van der Waals surface area contributed by atoms with Crippen LogP contribution in [-0.2, 0) is 4.74 Å². The van der Waals surface area contributed by atoms with Gasteiger partial charge in [-0.1, -0.05) is 36.4 Å². The van der Waals surface area contributed by atoms with Gasteiger partial charge in [-0.3, -0.25) is 5.14 Å². The summed E-state index contributed by atoms with van der Waals surface area (Å²) in [5.74, 6) is 1.51. The van der Waals surface area contributed by atoms with E-state index in [0.29, 0.717) is 18.4 Å². The van der Waals surface area contributed by atoms with E-state index in [0.717, 1.165) is 42.2 Å². The van der Waals surface area contributed by atoms with Crippen LogP contribution in [0.15, 0.2) is 53.6 Å². The maximum absolute atomic E-state index is 12.8. The lowest BCUT2D eigenvalue weighted by Gasteiger charge is -2.33. The van der Waals surface area contributed by atoms with Crippen molar-refractivity contribution < 1.29 is 9.53 Å². The number of pyridine rings is 1. The highest BCUT2D eigenvalue weighted by molar-refractivity contribution is 7.97. The molecule has 2 unspecified atom stereocenters. The standard InChI is InChI=1S/C25H36N4O2S/c1-24(2,3)31-23(30)29-17-18(15-25(29,4)5)14-20(19-10-7-6-8-11-19)16-27-21-12-9-13-22(28-21)32-26/h6-13,18,20H,14-17,26H2,1-5H3,(H,27,28). The van der Waals surface area contributed by atoms with Crippen molar-refractivity contribution in [1.82, 2.24) is 9.88 Å². The molecule has 3 rings (SSSR count). The topological polar surface area (TPSA) is 80.5 Å². The maximum Gasteiger partial charge on any atom is 0.410 e. The highest BCUT2D eigenvalue weighted by atomic mass is 32.2. The Labute approximate surface area is 196 Å². The predicted octanol–water partition coefficient (Wildman–Crippen LogP) is 5.67. The summed E-state index contributed by atoms with van der Waals surface area (Å²) in [5, 5.41) is 9.94. The number of carbonyl (C=O) groups is 1. The second kappa shape index (κ2) is 10.1. The lowest BCUT2D eigenvalue weighted by Crippen LogP contribution is -2.45. The molecule has 0 bridgehead atoms. The molecule has 2 atom stereocenters. The predicted molar refractivity (Wildman–Crippen MR) is 132 cm³/mol. The SMILES string of the molecule is CC(C)(C)OC(=O)N1CC(CC(CNc2cccc(SN)n2)c2ccccc2)CC1(C)C. The second-order valence-electron chi connectivity index (χ2n) is 10.2. The number of nitrogens with two attached hydrogens (primary N) is 1. The molecule has 32 heavy (non-hydrogen) atoms. The summed E-state index contributed by atoms with van der Waals surface area (Å²) >= 11 is 1.15. The van der Waals surface area contributed by atoms with Gasteiger partial charge in [-0.15, -0.1) is 0 Å². The highest BCUT2D eigenvalue weighted by Crippen LogP contribution is 2.39. The fourth-order valence-corrected chi connectivity index (χ4v) is 4.76. The van der Waals surface area contributed by atoms with Gasteiger partial charge in [0.25, 0.3) is 0 Å². The van der Waals surface area contributed by atoms with E-state index in [1.807, 2.05) is 49.9 Å². The Morgan fingerprint density at radius 2 is 1.97 bits per heavy atom. The quantitative estimate of drug-likeness (QED) is 0.523. The molecule has 1 aliphatic heterocycles. The summed E-state index contributed by atoms with van der Waals surface area (Å²) in [6.07, 6.45) is 1.71. The number of aromatic nitrogens is 1. The summed E-state index contributed by atoms with van der Waals surface area (Å²) in [5.41, 5.74) is 0.568. The lowest BCUT2D eigenvalue weighted by molar-refractivity contribution is 0.0130. The molecular formula is C25H36N4O2S. The first-order valence-electron chi connectivity index (χ1n) is 11.2. The van der Waals surface area contributed by atoms with Gasteiger partial charge in [0.15, 0.2) is 0 Å². The molecule has 1 aliphatic rings. The van der Waals surface area contributed by atoms with Gasteiger partial charge in [0.05, 0.1) is 0 Å². The molecule has 0 radical (unpaired) electrons. The molecule has 1 saturated heterocycles. The van der Waals surface area contributed by atoms with Crippen molar-refractivity contribution in [3.05, 3.63) is 54.1 Å². The molecule has 1 amide bonds. The molecule has 0 spiro atoms. The molecule has 1 aromatic carbocycles. The van der Waals surface area contributed by atoms with Crippen molar-refractivity contribution in [3.63, 3.8) is 0 Å². The third-order valence-electron chi connectivity index (χ3n) is 5.84. The molecule has 2 aromatic rings. The third-order valence-corrected chi connectivity index (χ3v) is 6.31. The third kappa shape index (κ3) is 6.62. The van der Waals surface area contributed by atoms with Crippen LogP contribution in [0.4, 0.5) is 10.6 Å². The molecule has 6 nitrogen and oxygen atoms in total. The molecule has 1 aromatic heterocycles. The largest absolute Gasteiger partial charge is 0.444 e. The Hall–Kier alpha value is -2.25. The summed E-state index contributed by atoms with van der Waals surface area (Å²) in [6, 6.07) is 16.4. The molecule has 2 heterocycles. The first kappa shape index (κ1) is 24.4. The van der Waals surface area contributed by atoms with E-state index in [4.69, 9.17) is 9.88 Å². The number of likely N-dealkylation sites (tertiary alicyclic amines) is 1. The number of carbonyl (C=O) groups excluding carboxylic acids is 1. The van der Waals surface area contributed by atoms with Gasteiger partial charge in [0.1, 0.15) is 16.4 Å². The molecule has 1 fully saturated rings. The first-order chi connectivity index (χ1) is 15.1. The number of benzene rings is 1. The first-order valence-corrected chi connectivity index (χ1v) is 12.1. The lowest BCUT2D eigenvalue weighted by atomic mass is 9.85. The Morgan fingerprint density at radius 1 is 1.25 bits per heavy atom. The van der Waals surface area contributed by atoms with Crippen molar-refractivity contribution in [3.8, 4) is 0 Å². The number of hydrogen-bond donors (Lipinski definition) is 2. The van der Waals surface area contributed by atoms with Crippen LogP contribution in [0.25, 0.3) is 0 Å². The minimum absolute atomic E-state index is 0.223. The van der Waals surface area contributed by atoms with Crippen LogP contribution in [-0.4, -0.2) is 40.2 Å². The zero-order valence-electron chi connectivity index (χ0n) is 19.8. The van der Waals surface area contributed by atoms with Gasteiger partial charge in [0, 0.05) is 24.5 Å². The van der Waals surface area contributed by atoms with Gasteiger partial charge in [0.2, 0.25) is 0 Å². The van der Waals surface area contributed by atoms with Gasteiger partial charge in [-0.25, -0.2) is 9.78 Å². The number of anilines is 1. The molecule has 0 saturated carbocycles. The molecule has 174 valence electrons. The second-order valence-corrected chi connectivity index (χ2v) is 10.8. The number of amides is 1. The number of nitrogens with one attached hydrogen (secondary N) is 1. The number of rotatable bonds is 7. The average Bonchev–Trinajstić information content (AvgIpc) is 3.04. The number of ether oxygens (including phenoxy) is 1. The van der Waals surface area contributed by atoms with Crippen molar-refractivity contribution in [1.29, 1.82) is 0 Å². The minimum Gasteiger partial charge on any atom is -0.444 e. The number of nitrogens with zero attached hydrogens (tertiary/aromatic N) is 2. The van der Waals surface area contributed by atoms with Crippen LogP contribution in [0.2, 0.25) is 0 Å². The van der Waals surface area contributed by atoms with Crippen molar-refractivity contribution in [2.24, 2.45) is 11.1 Å². The zero-order valence-corrected chi connectivity index (χ0v) is 20.6. The van der Waals surface area contributed by atoms with Crippen LogP contribution in [0, 0.1) is 5.92 Å². The maximum atomic E-state index is 12.8. The van der Waals surface area contributed by atoms with Gasteiger partial charge in [-0.05, 0) is 83.0 Å². The van der Waals surface area contributed by atoms with Crippen molar-refractivity contribution in [2.75, 3.05) is 18.4 Å². The molecule has 3 N–H and O–H groups in total. The van der Waals surface area contributed by atoms with E-state index >= 15 is 0 Å². The van der Waals surface area contributed by atoms with Crippen LogP contribution in [0.3, 0.4) is 0 Å². The van der Waals surface area contributed by atoms with Crippen molar-refractivity contribution in [2.45, 2.75) is 69.5 Å². The molecule has 0 aliphatic carbocycles. The Kier molecular flexibility index (Phi) is 7.72. The summed E-state index contributed by atoms with van der Waals surface area (Å²) in [4.78, 5) is 19.3. The number of hydrogen-bond acceptors (Lipinski definition) is 6. The van der Waals surface area contributed by atoms with Crippen LogP contribution < -0.4 is 10.5 Å². The zero-order chi connectivity index (χ0) is 23.4. The van der Waals surface area contributed by atoms with Crippen molar-refractivity contribution >= 4 is 23.9 Å². The Balaban J connectivity index is 1.71. The molecule has 7 heteroatoms. The Morgan fingerprint density at radius 3 is 2.62 bits per heavy atom. The fraction of sp³-hybridized carbons (Fsp3) is 0.520. The van der Waals surface area contributed by atoms with E-state index in [1.54, 1.807) is 0 Å². The van der Waals surface area contributed by atoms with E-state index in [-0.39, 0.29) is 11.6 Å². The van der Waals surface area contributed by atoms with E-state index in [2.05, 4.69) is 48.4 Å². The summed E-state index contributed by atoms with van der Waals surface area (Å²) in [7, 11) is 0. The summed E-state index contributed by atoms with van der Waals surface area (Å²) in [6.45, 7) is 11.5. The minimum atomic E-state index is -0.495. The summed E-state index contributed by atoms with van der Waals surface area (Å²) < 4.78 is 5.68. The van der Waals surface area contributed by atoms with Gasteiger partial charge in [-0.2, -0.15) is 0 Å². The average molecular weight is 457 g/mol. The Bertz CT molecular complexity index is 898. The van der Waals surface area contributed by atoms with E-state index in [1.165, 1.54) is 5.56 Å². The molecular weight excluding hydrogens is 420 g/mol. The van der Waals surface area contributed by atoms with Gasteiger partial charge >= 0.3 is 6.09 Å². The van der Waals surface area contributed by atoms with Crippen LogP contribution in [0.5, 0.6) is 0 Å². The van der Waals surface area contributed by atoms with Crippen LogP contribution >= 0.6 is 11.9 Å².